The summed E-state index contributed by atoms with van der Waals surface area (Å²) in [5, 5.41) is 3.39. The Morgan fingerprint density at radius 1 is 1.35 bits per heavy atom. The second-order valence-electron chi connectivity index (χ2n) is 5.08. The first-order valence-electron chi connectivity index (χ1n) is 7.08. The fraction of sp³-hybridized carbons (Fsp3) is 0.571. The van der Waals surface area contributed by atoms with E-state index in [4.69, 9.17) is 0 Å². The van der Waals surface area contributed by atoms with E-state index in [0.29, 0.717) is 16.6 Å². The minimum absolute atomic E-state index is 0.303. The van der Waals surface area contributed by atoms with Crippen LogP contribution >= 0.6 is 0 Å². The molecule has 0 aromatic heterocycles. The van der Waals surface area contributed by atoms with Crippen molar-refractivity contribution in [2.24, 2.45) is 0 Å². The lowest BCUT2D eigenvalue weighted by Crippen LogP contribution is -2.42. The molecule has 20 heavy (non-hydrogen) atoms. The summed E-state index contributed by atoms with van der Waals surface area (Å²) in [4.78, 5) is 2.70. The van der Waals surface area contributed by atoms with Crippen LogP contribution in [-0.2, 0) is 10.0 Å². The van der Waals surface area contributed by atoms with Crippen LogP contribution in [0.4, 0.5) is 5.69 Å². The van der Waals surface area contributed by atoms with Crippen molar-refractivity contribution < 1.29 is 8.42 Å². The van der Waals surface area contributed by atoms with Gasteiger partial charge in [0.1, 0.15) is 4.90 Å². The fourth-order valence-electron chi connectivity index (χ4n) is 2.61. The molecule has 2 rings (SSSR count). The van der Waals surface area contributed by atoms with E-state index in [1.807, 2.05) is 12.1 Å². The molecule has 112 valence electrons. The van der Waals surface area contributed by atoms with E-state index >= 15 is 0 Å². The molecule has 1 fully saturated rings. The Balaban J connectivity index is 2.17. The molecular formula is C14H23N3O2S. The summed E-state index contributed by atoms with van der Waals surface area (Å²) in [5.74, 6) is 0. The average molecular weight is 297 g/mol. The number of nitrogens with zero attached hydrogens (tertiary/aromatic N) is 1. The highest BCUT2D eigenvalue weighted by molar-refractivity contribution is 7.89. The molecule has 0 aliphatic carbocycles. The lowest BCUT2D eigenvalue weighted by molar-refractivity contribution is 0.226. The SMILES string of the molecule is CCN1CCCC(Nc2ccccc2S(=O)(=O)NC)C1. The smallest absolute Gasteiger partial charge is 0.242 e. The highest BCUT2D eigenvalue weighted by Gasteiger charge is 2.22. The maximum Gasteiger partial charge on any atom is 0.242 e. The molecule has 1 atom stereocenters. The van der Waals surface area contributed by atoms with Gasteiger partial charge in [-0.05, 0) is 45.1 Å². The molecule has 0 amide bonds. The van der Waals surface area contributed by atoms with Gasteiger partial charge in [0, 0.05) is 12.6 Å². The molecule has 1 aromatic rings. The zero-order chi connectivity index (χ0) is 14.6. The summed E-state index contributed by atoms with van der Waals surface area (Å²) >= 11 is 0. The number of likely N-dealkylation sites (N-methyl/N-ethyl adjacent to an activating group) is 1. The van der Waals surface area contributed by atoms with Crippen LogP contribution in [0.3, 0.4) is 0 Å². The number of hydrogen-bond acceptors (Lipinski definition) is 4. The van der Waals surface area contributed by atoms with Gasteiger partial charge >= 0.3 is 0 Å². The Hall–Kier alpha value is -1.11. The van der Waals surface area contributed by atoms with Crippen LogP contribution in [0.15, 0.2) is 29.2 Å². The first-order valence-corrected chi connectivity index (χ1v) is 8.56. The van der Waals surface area contributed by atoms with E-state index in [1.165, 1.54) is 7.05 Å². The van der Waals surface area contributed by atoms with Gasteiger partial charge in [0.25, 0.3) is 0 Å². The normalized spacial score (nSPS) is 20.8. The van der Waals surface area contributed by atoms with Crippen molar-refractivity contribution in [1.82, 2.24) is 9.62 Å². The van der Waals surface area contributed by atoms with Gasteiger partial charge in [-0.1, -0.05) is 19.1 Å². The third-order valence-electron chi connectivity index (χ3n) is 3.76. The van der Waals surface area contributed by atoms with Crippen molar-refractivity contribution in [3.8, 4) is 0 Å². The monoisotopic (exact) mass is 297 g/mol. The van der Waals surface area contributed by atoms with Crippen LogP contribution in [0.1, 0.15) is 19.8 Å². The van der Waals surface area contributed by atoms with Crippen LogP contribution in [0.5, 0.6) is 0 Å². The number of likely N-dealkylation sites (tertiary alicyclic amines) is 1. The van der Waals surface area contributed by atoms with Crippen LogP contribution in [0.25, 0.3) is 0 Å². The van der Waals surface area contributed by atoms with Crippen LogP contribution in [-0.4, -0.2) is 46.0 Å². The van der Waals surface area contributed by atoms with E-state index in [0.717, 1.165) is 32.5 Å². The first kappa shape index (κ1) is 15.3. The Bertz CT molecular complexity index is 545. The summed E-state index contributed by atoms with van der Waals surface area (Å²) in [5.41, 5.74) is 0.685. The summed E-state index contributed by atoms with van der Waals surface area (Å²) < 4.78 is 26.4. The Morgan fingerprint density at radius 2 is 2.10 bits per heavy atom. The second kappa shape index (κ2) is 6.56. The van der Waals surface area contributed by atoms with Gasteiger partial charge in [0.15, 0.2) is 0 Å². The molecule has 0 bridgehead atoms. The van der Waals surface area contributed by atoms with Crippen molar-refractivity contribution in [2.45, 2.75) is 30.7 Å². The number of piperidine rings is 1. The maximum absolute atomic E-state index is 12.0. The van der Waals surface area contributed by atoms with E-state index in [9.17, 15) is 8.42 Å². The lowest BCUT2D eigenvalue weighted by atomic mass is 10.1. The zero-order valence-corrected chi connectivity index (χ0v) is 12.9. The van der Waals surface area contributed by atoms with Gasteiger partial charge in [-0.3, -0.25) is 0 Å². The van der Waals surface area contributed by atoms with Crippen LogP contribution in [0, 0.1) is 0 Å². The van der Waals surface area contributed by atoms with Crippen LogP contribution < -0.4 is 10.0 Å². The van der Waals surface area contributed by atoms with Gasteiger partial charge in [0.05, 0.1) is 5.69 Å². The van der Waals surface area contributed by atoms with Gasteiger partial charge < -0.3 is 10.2 Å². The molecular weight excluding hydrogens is 274 g/mol. The topological polar surface area (TPSA) is 61.4 Å². The summed E-state index contributed by atoms with van der Waals surface area (Å²) in [6.07, 6.45) is 2.22. The second-order valence-corrected chi connectivity index (χ2v) is 6.94. The highest BCUT2D eigenvalue weighted by Crippen LogP contribution is 2.23. The number of anilines is 1. The van der Waals surface area contributed by atoms with E-state index in [1.54, 1.807) is 12.1 Å². The number of benzene rings is 1. The molecule has 1 aliphatic rings. The van der Waals surface area contributed by atoms with Crippen molar-refractivity contribution in [1.29, 1.82) is 0 Å². The molecule has 0 saturated carbocycles. The zero-order valence-electron chi connectivity index (χ0n) is 12.1. The molecule has 1 aromatic carbocycles. The Labute approximate surface area is 121 Å². The van der Waals surface area contributed by atoms with Crippen molar-refractivity contribution in [3.63, 3.8) is 0 Å². The Kier molecular flexibility index (Phi) is 5.01. The van der Waals surface area contributed by atoms with Gasteiger partial charge in [-0.15, -0.1) is 0 Å². The molecule has 1 saturated heterocycles. The summed E-state index contributed by atoms with van der Waals surface area (Å²) in [7, 11) is -1.99. The highest BCUT2D eigenvalue weighted by atomic mass is 32.2. The van der Waals surface area contributed by atoms with Crippen LogP contribution in [0.2, 0.25) is 0 Å². The van der Waals surface area contributed by atoms with E-state index in [2.05, 4.69) is 21.9 Å². The van der Waals surface area contributed by atoms with E-state index < -0.39 is 10.0 Å². The first-order chi connectivity index (χ1) is 9.56. The predicted molar refractivity (Wildman–Crippen MR) is 81.4 cm³/mol. The number of hydrogen-bond donors (Lipinski definition) is 2. The molecule has 1 heterocycles. The van der Waals surface area contributed by atoms with E-state index in [-0.39, 0.29) is 0 Å². The molecule has 1 unspecified atom stereocenters. The molecule has 0 spiro atoms. The third-order valence-corrected chi connectivity index (χ3v) is 5.23. The minimum Gasteiger partial charge on any atom is -0.380 e. The molecule has 0 radical (unpaired) electrons. The number of rotatable bonds is 5. The summed E-state index contributed by atoms with van der Waals surface area (Å²) in [6.45, 7) is 5.28. The average Bonchev–Trinajstić information content (AvgIpc) is 2.48. The molecule has 2 N–H and O–H groups in total. The predicted octanol–water partition coefficient (Wildman–Crippen LogP) is 1.49. The van der Waals surface area contributed by atoms with Crippen molar-refractivity contribution in [2.75, 3.05) is 32.0 Å². The van der Waals surface area contributed by atoms with Gasteiger partial charge in [-0.25, -0.2) is 13.1 Å². The van der Waals surface area contributed by atoms with Gasteiger partial charge in [-0.2, -0.15) is 0 Å². The minimum atomic E-state index is -3.42. The fourth-order valence-corrected chi connectivity index (χ4v) is 3.50. The number of sulfonamides is 1. The standard InChI is InChI=1S/C14H23N3O2S/c1-3-17-10-6-7-12(11-17)16-13-8-4-5-9-14(13)20(18,19)15-2/h4-5,8-9,12,15-16H,3,6-7,10-11H2,1-2H3. The summed E-state index contributed by atoms with van der Waals surface area (Å²) in [6, 6.07) is 7.37. The number of nitrogens with one attached hydrogen (secondary N) is 2. The van der Waals surface area contributed by atoms with Crippen molar-refractivity contribution >= 4 is 15.7 Å². The largest absolute Gasteiger partial charge is 0.380 e. The maximum atomic E-state index is 12.0. The molecule has 6 heteroatoms. The third kappa shape index (κ3) is 3.50. The van der Waals surface area contributed by atoms with Gasteiger partial charge in [0.2, 0.25) is 10.0 Å². The number of para-hydroxylation sites is 1. The molecule has 5 nitrogen and oxygen atoms in total. The lowest BCUT2D eigenvalue weighted by Gasteiger charge is -2.33. The quantitative estimate of drug-likeness (QED) is 0.864. The molecule has 1 aliphatic heterocycles. The Morgan fingerprint density at radius 3 is 2.80 bits per heavy atom. The van der Waals surface area contributed by atoms with Crippen molar-refractivity contribution in [3.05, 3.63) is 24.3 Å².